The predicted molar refractivity (Wildman–Crippen MR) is 89.3 cm³/mol. The van der Waals surface area contributed by atoms with Gasteiger partial charge in [-0.05, 0) is 35.4 Å². The Labute approximate surface area is 133 Å². The van der Waals surface area contributed by atoms with Gasteiger partial charge in [0, 0.05) is 32.6 Å². The van der Waals surface area contributed by atoms with Gasteiger partial charge in [-0.3, -0.25) is 4.79 Å². The molecule has 1 heterocycles. The first-order valence-corrected chi connectivity index (χ1v) is 8.10. The van der Waals surface area contributed by atoms with Crippen LogP contribution in [0.3, 0.4) is 0 Å². The van der Waals surface area contributed by atoms with Gasteiger partial charge in [0.15, 0.2) is 0 Å². The van der Waals surface area contributed by atoms with Crippen LogP contribution in [0.4, 0.5) is 0 Å². The van der Waals surface area contributed by atoms with Crippen LogP contribution in [0.25, 0.3) is 0 Å². The summed E-state index contributed by atoms with van der Waals surface area (Å²) in [7, 11) is 0. The number of hydrogen-bond acceptors (Lipinski definition) is 3. The SMILES string of the molecule is Cc1cc(CCC(=O)N2CCNCC2)cc(C(C)(C)C)c1O. The zero-order valence-corrected chi connectivity index (χ0v) is 14.2. The Balaban J connectivity index is 2.06. The summed E-state index contributed by atoms with van der Waals surface area (Å²) in [6, 6.07) is 4.04. The summed E-state index contributed by atoms with van der Waals surface area (Å²) >= 11 is 0. The monoisotopic (exact) mass is 304 g/mol. The largest absolute Gasteiger partial charge is 0.507 e. The summed E-state index contributed by atoms with van der Waals surface area (Å²) in [6.45, 7) is 11.6. The molecule has 0 atom stereocenters. The number of aromatic hydroxyl groups is 1. The van der Waals surface area contributed by atoms with E-state index in [1.165, 1.54) is 0 Å². The van der Waals surface area contributed by atoms with Crippen molar-refractivity contribution in [1.82, 2.24) is 10.2 Å². The van der Waals surface area contributed by atoms with Crippen molar-refractivity contribution in [1.29, 1.82) is 0 Å². The van der Waals surface area contributed by atoms with Crippen LogP contribution in [0, 0.1) is 6.92 Å². The fourth-order valence-electron chi connectivity index (χ4n) is 2.89. The van der Waals surface area contributed by atoms with Gasteiger partial charge in [-0.1, -0.05) is 32.9 Å². The van der Waals surface area contributed by atoms with E-state index >= 15 is 0 Å². The molecule has 1 aromatic rings. The highest BCUT2D eigenvalue weighted by Gasteiger charge is 2.21. The van der Waals surface area contributed by atoms with Crippen LogP contribution in [-0.4, -0.2) is 42.1 Å². The maximum atomic E-state index is 12.3. The minimum Gasteiger partial charge on any atom is -0.507 e. The van der Waals surface area contributed by atoms with E-state index in [1.54, 1.807) is 0 Å². The number of piperazine rings is 1. The number of carbonyl (C=O) groups is 1. The molecule has 122 valence electrons. The summed E-state index contributed by atoms with van der Waals surface area (Å²) in [4.78, 5) is 14.2. The van der Waals surface area contributed by atoms with E-state index in [2.05, 4.69) is 26.1 Å². The van der Waals surface area contributed by atoms with Gasteiger partial charge >= 0.3 is 0 Å². The highest BCUT2D eigenvalue weighted by atomic mass is 16.3. The van der Waals surface area contributed by atoms with Gasteiger partial charge in [-0.2, -0.15) is 0 Å². The molecule has 0 aliphatic carbocycles. The lowest BCUT2D eigenvalue weighted by molar-refractivity contribution is -0.131. The Morgan fingerprint density at radius 1 is 1.27 bits per heavy atom. The average molecular weight is 304 g/mol. The summed E-state index contributed by atoms with van der Waals surface area (Å²) in [5, 5.41) is 13.5. The van der Waals surface area contributed by atoms with E-state index < -0.39 is 0 Å². The highest BCUT2D eigenvalue weighted by molar-refractivity contribution is 5.76. The summed E-state index contributed by atoms with van der Waals surface area (Å²) in [5.74, 6) is 0.606. The second kappa shape index (κ2) is 6.69. The number of phenolic OH excluding ortho intramolecular Hbond substituents is 1. The third-order valence-corrected chi connectivity index (χ3v) is 4.27. The predicted octanol–water partition coefficient (Wildman–Crippen LogP) is 2.36. The first-order chi connectivity index (χ1) is 10.3. The molecule has 0 radical (unpaired) electrons. The Bertz CT molecular complexity index is 541. The fraction of sp³-hybridized carbons (Fsp3) is 0.611. The van der Waals surface area contributed by atoms with Gasteiger partial charge in [0.1, 0.15) is 5.75 Å². The molecule has 4 heteroatoms. The maximum absolute atomic E-state index is 12.3. The smallest absolute Gasteiger partial charge is 0.222 e. The number of phenols is 1. The van der Waals surface area contributed by atoms with E-state index in [9.17, 15) is 9.90 Å². The number of carbonyl (C=O) groups excluding carboxylic acids is 1. The van der Waals surface area contributed by atoms with Crippen molar-refractivity contribution >= 4 is 5.91 Å². The third kappa shape index (κ3) is 4.01. The zero-order chi connectivity index (χ0) is 16.3. The molecule has 0 aromatic heterocycles. The van der Waals surface area contributed by atoms with E-state index in [4.69, 9.17) is 0 Å². The second-order valence-electron chi connectivity index (χ2n) is 7.19. The molecule has 2 N–H and O–H groups in total. The van der Waals surface area contributed by atoms with E-state index in [-0.39, 0.29) is 11.3 Å². The van der Waals surface area contributed by atoms with Gasteiger partial charge in [0.05, 0.1) is 0 Å². The second-order valence-corrected chi connectivity index (χ2v) is 7.19. The molecule has 0 spiro atoms. The van der Waals surface area contributed by atoms with Gasteiger partial charge < -0.3 is 15.3 Å². The normalized spacial score (nSPS) is 15.9. The van der Waals surface area contributed by atoms with Gasteiger partial charge in [-0.15, -0.1) is 0 Å². The third-order valence-electron chi connectivity index (χ3n) is 4.27. The molecule has 0 saturated carbocycles. The molecule has 1 saturated heterocycles. The van der Waals surface area contributed by atoms with E-state index in [0.717, 1.165) is 49.3 Å². The number of benzene rings is 1. The molecule has 0 unspecified atom stereocenters. The van der Waals surface area contributed by atoms with Crippen LogP contribution in [0.2, 0.25) is 0 Å². The van der Waals surface area contributed by atoms with Crippen molar-refractivity contribution in [3.05, 3.63) is 28.8 Å². The lowest BCUT2D eigenvalue weighted by Gasteiger charge is -2.27. The van der Waals surface area contributed by atoms with Crippen LogP contribution in [0.5, 0.6) is 5.75 Å². The van der Waals surface area contributed by atoms with Crippen molar-refractivity contribution in [2.24, 2.45) is 0 Å². The van der Waals surface area contributed by atoms with Crippen LogP contribution < -0.4 is 5.32 Å². The minimum atomic E-state index is -0.104. The molecule has 4 nitrogen and oxygen atoms in total. The molecule has 0 bridgehead atoms. The van der Waals surface area contributed by atoms with E-state index in [0.29, 0.717) is 12.2 Å². The van der Waals surface area contributed by atoms with Crippen molar-refractivity contribution in [2.45, 2.75) is 46.0 Å². The van der Waals surface area contributed by atoms with Crippen molar-refractivity contribution in [2.75, 3.05) is 26.2 Å². The first-order valence-electron chi connectivity index (χ1n) is 8.10. The molecule has 1 aliphatic rings. The molecule has 1 amide bonds. The Morgan fingerprint density at radius 3 is 2.50 bits per heavy atom. The molecule has 2 rings (SSSR count). The zero-order valence-electron chi connectivity index (χ0n) is 14.2. The minimum absolute atomic E-state index is 0.104. The number of amides is 1. The number of nitrogens with one attached hydrogen (secondary N) is 1. The fourth-order valence-corrected chi connectivity index (χ4v) is 2.89. The molecule has 1 aromatic carbocycles. The molecular weight excluding hydrogens is 276 g/mol. The number of rotatable bonds is 3. The number of hydrogen-bond donors (Lipinski definition) is 2. The van der Waals surface area contributed by atoms with Crippen LogP contribution in [0.1, 0.15) is 43.9 Å². The lowest BCUT2D eigenvalue weighted by Crippen LogP contribution is -2.46. The molecule has 22 heavy (non-hydrogen) atoms. The summed E-state index contributed by atoms with van der Waals surface area (Å²) in [6.07, 6.45) is 1.26. The van der Waals surface area contributed by atoms with Gasteiger partial charge in [-0.25, -0.2) is 0 Å². The number of aryl methyl sites for hydroxylation is 2. The standard InChI is InChI=1S/C18H28N2O2/c1-13-11-14(12-15(17(13)22)18(2,3)4)5-6-16(21)20-9-7-19-8-10-20/h11-12,19,22H,5-10H2,1-4H3. The lowest BCUT2D eigenvalue weighted by atomic mass is 9.83. The topological polar surface area (TPSA) is 52.6 Å². The molecular formula is C18H28N2O2. The summed E-state index contributed by atoms with van der Waals surface area (Å²) in [5.41, 5.74) is 2.87. The van der Waals surface area contributed by atoms with Crippen molar-refractivity contribution < 1.29 is 9.90 Å². The van der Waals surface area contributed by atoms with Gasteiger partial charge in [0.25, 0.3) is 0 Å². The molecule has 1 aliphatic heterocycles. The van der Waals surface area contributed by atoms with Gasteiger partial charge in [0.2, 0.25) is 5.91 Å². The average Bonchev–Trinajstić information content (AvgIpc) is 2.47. The van der Waals surface area contributed by atoms with Crippen LogP contribution in [0.15, 0.2) is 12.1 Å². The van der Waals surface area contributed by atoms with Crippen LogP contribution >= 0.6 is 0 Å². The summed E-state index contributed by atoms with van der Waals surface area (Å²) < 4.78 is 0. The maximum Gasteiger partial charge on any atom is 0.222 e. The quantitative estimate of drug-likeness (QED) is 0.901. The Hall–Kier alpha value is -1.55. The highest BCUT2D eigenvalue weighted by Crippen LogP contribution is 2.34. The number of nitrogens with zero attached hydrogens (tertiary/aromatic N) is 1. The van der Waals surface area contributed by atoms with E-state index in [1.807, 2.05) is 24.0 Å². The first kappa shape index (κ1) is 16.8. The van der Waals surface area contributed by atoms with Crippen LogP contribution in [-0.2, 0) is 16.6 Å². The van der Waals surface area contributed by atoms with Crippen molar-refractivity contribution in [3.63, 3.8) is 0 Å². The molecule has 1 fully saturated rings. The Kier molecular flexibility index (Phi) is 5.12. The van der Waals surface area contributed by atoms with Crippen molar-refractivity contribution in [3.8, 4) is 5.75 Å². The Morgan fingerprint density at radius 2 is 1.91 bits per heavy atom.